The lowest BCUT2D eigenvalue weighted by Gasteiger charge is -2.21. The largest absolute Gasteiger partial charge is 0.497 e. The maximum atomic E-state index is 13.0. The number of benzene rings is 3. The van der Waals surface area contributed by atoms with Gasteiger partial charge in [0, 0.05) is 10.4 Å². The fourth-order valence-corrected chi connectivity index (χ4v) is 3.94. The molecule has 0 saturated carbocycles. The van der Waals surface area contributed by atoms with E-state index in [0.717, 1.165) is 10.9 Å². The number of aromatic nitrogens is 1. The maximum Gasteiger partial charge on any atom is 0.411 e. The smallest absolute Gasteiger partial charge is 0.411 e. The van der Waals surface area contributed by atoms with Crippen LogP contribution in [0.25, 0.3) is 23.1 Å². The Kier molecular flexibility index (Phi) is 8.73. The lowest BCUT2D eigenvalue weighted by molar-refractivity contribution is -0.188. The highest BCUT2D eigenvalue weighted by atomic mass is 35.5. The van der Waals surface area contributed by atoms with E-state index in [0.29, 0.717) is 27.6 Å². The fourth-order valence-electron chi connectivity index (χ4n) is 3.77. The van der Waals surface area contributed by atoms with Gasteiger partial charge in [-0.15, -0.1) is 0 Å². The van der Waals surface area contributed by atoms with Crippen LogP contribution < -0.4 is 9.47 Å². The number of methoxy groups -OCH3 is 1. The molecule has 4 rings (SSSR count). The molecule has 0 amide bonds. The van der Waals surface area contributed by atoms with Crippen molar-refractivity contribution in [3.8, 4) is 11.5 Å². The Bertz CT molecular complexity index is 1510. The molecule has 0 saturated heterocycles. The fraction of sp³-hybridized carbons (Fsp3) is 0.172. The van der Waals surface area contributed by atoms with Gasteiger partial charge in [0.25, 0.3) is 0 Å². The molecule has 0 aliphatic heterocycles. The number of hydrogen-bond donors (Lipinski definition) is 1. The van der Waals surface area contributed by atoms with Gasteiger partial charge >= 0.3 is 12.1 Å². The van der Waals surface area contributed by atoms with E-state index in [1.165, 1.54) is 25.3 Å². The van der Waals surface area contributed by atoms with Gasteiger partial charge in [-0.2, -0.15) is 13.2 Å². The van der Waals surface area contributed by atoms with Crippen molar-refractivity contribution in [2.75, 3.05) is 20.3 Å². The number of carboxylic acids is 1. The standard InChI is InChI=1S/C29H23ClF3NO5/c1-37-23-11-12-26(24(15-23)28(35)36)38-16-27(39-17-29(31,32)33)20-4-2-3-18(13-20)5-9-22-10-7-19-6-8-21(30)14-25(19)34-22/h2-15,27H,16-17H2,1H3,(H,35,36)/b9-5+. The number of ether oxygens (including phenoxy) is 3. The predicted octanol–water partition coefficient (Wildman–Crippen LogP) is 7.46. The molecule has 202 valence electrons. The predicted molar refractivity (Wildman–Crippen MR) is 142 cm³/mol. The molecule has 0 bridgehead atoms. The van der Waals surface area contributed by atoms with Crippen molar-refractivity contribution in [2.24, 2.45) is 0 Å². The van der Waals surface area contributed by atoms with Gasteiger partial charge in [0.2, 0.25) is 0 Å². The van der Waals surface area contributed by atoms with E-state index in [1.807, 2.05) is 18.2 Å². The number of halogens is 4. The van der Waals surface area contributed by atoms with E-state index in [-0.39, 0.29) is 17.9 Å². The molecule has 6 nitrogen and oxygen atoms in total. The van der Waals surface area contributed by atoms with E-state index in [2.05, 4.69) is 4.98 Å². The highest BCUT2D eigenvalue weighted by Gasteiger charge is 2.30. The topological polar surface area (TPSA) is 77.9 Å². The van der Waals surface area contributed by atoms with Crippen LogP contribution in [0.3, 0.4) is 0 Å². The zero-order valence-electron chi connectivity index (χ0n) is 20.6. The molecule has 0 aliphatic rings. The minimum atomic E-state index is -4.56. The SMILES string of the molecule is COc1ccc(OCC(OCC(F)(F)F)c2cccc(/C=C/c3ccc4ccc(Cl)cc4n3)c2)c(C(=O)O)c1. The minimum Gasteiger partial charge on any atom is -0.497 e. The van der Waals surface area contributed by atoms with Crippen molar-refractivity contribution in [3.05, 3.63) is 100 Å². The average Bonchev–Trinajstić information content (AvgIpc) is 2.91. The molecule has 0 radical (unpaired) electrons. The summed E-state index contributed by atoms with van der Waals surface area (Å²) in [4.78, 5) is 16.2. The molecule has 1 atom stereocenters. The zero-order chi connectivity index (χ0) is 28.0. The van der Waals surface area contributed by atoms with Gasteiger partial charge < -0.3 is 19.3 Å². The van der Waals surface area contributed by atoms with Crippen LogP contribution in [0.2, 0.25) is 5.02 Å². The molecule has 4 aromatic rings. The van der Waals surface area contributed by atoms with Crippen molar-refractivity contribution >= 4 is 40.6 Å². The summed E-state index contributed by atoms with van der Waals surface area (Å²) in [6.07, 6.45) is -2.15. The molecule has 10 heteroatoms. The van der Waals surface area contributed by atoms with Crippen LogP contribution in [0.1, 0.15) is 33.3 Å². The van der Waals surface area contributed by atoms with Crippen LogP contribution in [0.4, 0.5) is 13.2 Å². The van der Waals surface area contributed by atoms with Gasteiger partial charge in [-0.25, -0.2) is 9.78 Å². The monoisotopic (exact) mass is 557 g/mol. The first kappa shape index (κ1) is 27.9. The number of pyridine rings is 1. The number of alkyl halides is 3. The Hall–Kier alpha value is -4.08. The van der Waals surface area contributed by atoms with Gasteiger partial charge in [-0.05, 0) is 59.7 Å². The van der Waals surface area contributed by atoms with E-state index >= 15 is 0 Å². The molecule has 1 N–H and O–H groups in total. The third-order valence-electron chi connectivity index (χ3n) is 5.66. The Morgan fingerprint density at radius 3 is 2.59 bits per heavy atom. The molecule has 0 fully saturated rings. The number of aromatic carboxylic acids is 1. The molecular weight excluding hydrogens is 535 g/mol. The van der Waals surface area contributed by atoms with Gasteiger partial charge in [0.1, 0.15) is 36.4 Å². The van der Waals surface area contributed by atoms with E-state index in [9.17, 15) is 23.1 Å². The summed E-state index contributed by atoms with van der Waals surface area (Å²) < 4.78 is 54.8. The highest BCUT2D eigenvalue weighted by molar-refractivity contribution is 6.31. The summed E-state index contributed by atoms with van der Waals surface area (Å²) in [6.45, 7) is -1.86. The summed E-state index contributed by atoms with van der Waals surface area (Å²) in [6, 6.07) is 20.1. The molecule has 1 heterocycles. The second-order valence-corrected chi connectivity index (χ2v) is 8.91. The summed E-state index contributed by atoms with van der Waals surface area (Å²) in [5.41, 5.74) is 2.33. The first-order valence-electron chi connectivity index (χ1n) is 11.7. The molecular formula is C29H23ClF3NO5. The van der Waals surface area contributed by atoms with Crippen LogP contribution in [-0.4, -0.2) is 42.6 Å². The number of nitrogens with zero attached hydrogens (tertiary/aromatic N) is 1. The second-order valence-electron chi connectivity index (χ2n) is 8.47. The van der Waals surface area contributed by atoms with Crippen molar-refractivity contribution in [1.82, 2.24) is 4.98 Å². The average molecular weight is 558 g/mol. The first-order valence-corrected chi connectivity index (χ1v) is 12.1. The molecule has 3 aromatic carbocycles. The van der Waals surface area contributed by atoms with E-state index < -0.39 is 24.9 Å². The number of rotatable bonds is 10. The Morgan fingerprint density at radius 2 is 1.85 bits per heavy atom. The Balaban J connectivity index is 1.56. The maximum absolute atomic E-state index is 13.0. The van der Waals surface area contributed by atoms with Crippen molar-refractivity contribution in [3.63, 3.8) is 0 Å². The van der Waals surface area contributed by atoms with Crippen LogP contribution in [0.15, 0.2) is 72.8 Å². The Morgan fingerprint density at radius 1 is 1.05 bits per heavy atom. The lowest BCUT2D eigenvalue weighted by Crippen LogP contribution is -2.23. The summed E-state index contributed by atoms with van der Waals surface area (Å²) in [5, 5.41) is 11.0. The molecule has 1 aromatic heterocycles. The van der Waals surface area contributed by atoms with Gasteiger partial charge in [-0.3, -0.25) is 0 Å². The summed E-state index contributed by atoms with van der Waals surface area (Å²) in [5.74, 6) is -0.996. The van der Waals surface area contributed by atoms with Crippen molar-refractivity contribution < 1.29 is 37.3 Å². The third-order valence-corrected chi connectivity index (χ3v) is 5.90. The molecule has 1 unspecified atom stereocenters. The normalized spacial score (nSPS) is 12.5. The van der Waals surface area contributed by atoms with Crippen molar-refractivity contribution in [1.29, 1.82) is 0 Å². The van der Waals surface area contributed by atoms with E-state index in [4.69, 9.17) is 25.8 Å². The Labute approximate surface area is 227 Å². The number of fused-ring (bicyclic) bond motifs is 1. The van der Waals surface area contributed by atoms with Crippen LogP contribution in [0, 0.1) is 0 Å². The summed E-state index contributed by atoms with van der Waals surface area (Å²) in [7, 11) is 1.38. The molecule has 0 aliphatic carbocycles. The molecule has 0 spiro atoms. The van der Waals surface area contributed by atoms with Gasteiger partial charge in [0.05, 0.1) is 18.3 Å². The summed E-state index contributed by atoms with van der Waals surface area (Å²) >= 11 is 6.06. The number of carbonyl (C=O) groups is 1. The van der Waals surface area contributed by atoms with E-state index in [1.54, 1.807) is 48.6 Å². The quantitative estimate of drug-likeness (QED) is 0.218. The minimum absolute atomic E-state index is 0.0255. The number of hydrogen-bond acceptors (Lipinski definition) is 5. The highest BCUT2D eigenvalue weighted by Crippen LogP contribution is 2.28. The number of carboxylic acid groups (broad SMARTS) is 1. The van der Waals surface area contributed by atoms with Crippen LogP contribution in [-0.2, 0) is 4.74 Å². The zero-order valence-corrected chi connectivity index (χ0v) is 21.4. The van der Waals surface area contributed by atoms with Gasteiger partial charge in [-0.1, -0.05) is 48.0 Å². The van der Waals surface area contributed by atoms with Crippen LogP contribution in [0.5, 0.6) is 11.5 Å². The van der Waals surface area contributed by atoms with Gasteiger partial charge in [0.15, 0.2) is 0 Å². The lowest BCUT2D eigenvalue weighted by atomic mass is 10.1. The molecule has 39 heavy (non-hydrogen) atoms. The van der Waals surface area contributed by atoms with Crippen LogP contribution >= 0.6 is 11.6 Å². The van der Waals surface area contributed by atoms with Crippen molar-refractivity contribution in [2.45, 2.75) is 12.3 Å². The first-order chi connectivity index (χ1) is 18.6. The third kappa shape index (κ3) is 7.72. The second kappa shape index (κ2) is 12.2.